The second-order valence-electron chi connectivity index (χ2n) is 5.25. The lowest BCUT2D eigenvalue weighted by molar-refractivity contribution is -0.386. The van der Waals surface area contributed by atoms with Crippen molar-refractivity contribution < 1.29 is 9.66 Å². The number of nitrogens with one attached hydrogen (secondary N) is 1. The number of hydrogen-bond acceptors (Lipinski definition) is 6. The third-order valence-electron chi connectivity index (χ3n) is 3.76. The molecule has 1 aliphatic heterocycles. The summed E-state index contributed by atoms with van der Waals surface area (Å²) >= 11 is 0. The molecule has 0 saturated carbocycles. The van der Waals surface area contributed by atoms with E-state index in [4.69, 9.17) is 4.74 Å². The summed E-state index contributed by atoms with van der Waals surface area (Å²) in [6.45, 7) is 9.35. The maximum Gasteiger partial charge on any atom is 0.278 e. The molecule has 2 rings (SSSR count). The minimum atomic E-state index is -0.330. The van der Waals surface area contributed by atoms with Gasteiger partial charge in [0, 0.05) is 50.0 Å². The summed E-state index contributed by atoms with van der Waals surface area (Å²) in [5.41, 5.74) is 2.18. The van der Waals surface area contributed by atoms with Crippen LogP contribution in [0.3, 0.4) is 0 Å². The van der Waals surface area contributed by atoms with Crippen LogP contribution >= 0.6 is 0 Å². The first-order chi connectivity index (χ1) is 10.1. The van der Waals surface area contributed by atoms with E-state index in [2.05, 4.69) is 15.2 Å². The summed E-state index contributed by atoms with van der Waals surface area (Å²) in [4.78, 5) is 17.4. The fraction of sp³-hybridized carbons (Fsp3) is 0.643. The Balaban J connectivity index is 1.85. The quantitative estimate of drug-likeness (QED) is 0.479. The van der Waals surface area contributed by atoms with Crippen LogP contribution in [0.25, 0.3) is 0 Å². The normalized spacial score (nSPS) is 16.1. The van der Waals surface area contributed by atoms with Gasteiger partial charge >= 0.3 is 0 Å². The molecule has 0 unspecified atom stereocenters. The van der Waals surface area contributed by atoms with E-state index in [1.165, 1.54) is 0 Å². The van der Waals surface area contributed by atoms with Gasteiger partial charge in [0.25, 0.3) is 5.69 Å². The van der Waals surface area contributed by atoms with Crippen LogP contribution in [0, 0.1) is 24.0 Å². The molecule has 1 aromatic heterocycles. The highest BCUT2D eigenvalue weighted by atomic mass is 16.6. The molecule has 1 N–H and O–H groups in total. The monoisotopic (exact) mass is 294 g/mol. The number of aromatic nitrogens is 1. The van der Waals surface area contributed by atoms with Crippen LogP contribution in [-0.4, -0.2) is 54.2 Å². The fourth-order valence-electron chi connectivity index (χ4n) is 2.49. The molecule has 0 aliphatic carbocycles. The molecule has 1 aromatic rings. The van der Waals surface area contributed by atoms with Gasteiger partial charge in [0.2, 0.25) is 0 Å². The van der Waals surface area contributed by atoms with Crippen LogP contribution in [0.15, 0.2) is 6.20 Å². The van der Waals surface area contributed by atoms with Crippen LogP contribution in [0.4, 0.5) is 5.69 Å². The molecule has 21 heavy (non-hydrogen) atoms. The van der Waals surface area contributed by atoms with Crippen LogP contribution in [-0.2, 0) is 11.3 Å². The number of morpholine rings is 1. The van der Waals surface area contributed by atoms with Crippen LogP contribution < -0.4 is 5.32 Å². The largest absolute Gasteiger partial charge is 0.379 e. The predicted octanol–water partition coefficient (Wildman–Crippen LogP) is 1.03. The Hall–Kier alpha value is -1.57. The van der Waals surface area contributed by atoms with E-state index in [-0.39, 0.29) is 10.6 Å². The SMILES string of the molecule is Cc1cnc(CNCCN2CCOCC2)c(C)c1[N+](=O)[O-]. The van der Waals surface area contributed by atoms with E-state index in [1.54, 1.807) is 20.0 Å². The molecule has 1 aliphatic rings. The van der Waals surface area contributed by atoms with Gasteiger partial charge in [-0.3, -0.25) is 20.0 Å². The van der Waals surface area contributed by atoms with Crippen molar-refractivity contribution in [1.82, 2.24) is 15.2 Å². The van der Waals surface area contributed by atoms with Gasteiger partial charge < -0.3 is 10.1 Å². The zero-order valence-corrected chi connectivity index (χ0v) is 12.6. The first-order valence-corrected chi connectivity index (χ1v) is 7.20. The number of hydrogen-bond donors (Lipinski definition) is 1. The molecule has 7 heteroatoms. The van der Waals surface area contributed by atoms with E-state index in [0.29, 0.717) is 17.7 Å². The molecule has 0 aromatic carbocycles. The fourth-order valence-corrected chi connectivity index (χ4v) is 2.49. The van der Waals surface area contributed by atoms with Crippen molar-refractivity contribution in [3.63, 3.8) is 0 Å². The zero-order valence-electron chi connectivity index (χ0n) is 12.6. The Morgan fingerprint density at radius 2 is 2.14 bits per heavy atom. The van der Waals surface area contributed by atoms with E-state index in [1.807, 2.05) is 0 Å². The summed E-state index contributed by atoms with van der Waals surface area (Å²) < 4.78 is 5.30. The summed E-state index contributed by atoms with van der Waals surface area (Å²) in [7, 11) is 0. The van der Waals surface area contributed by atoms with Crippen molar-refractivity contribution in [2.75, 3.05) is 39.4 Å². The summed E-state index contributed by atoms with van der Waals surface area (Å²) in [5, 5.41) is 14.4. The minimum absolute atomic E-state index is 0.176. The van der Waals surface area contributed by atoms with Gasteiger partial charge in [0.15, 0.2) is 0 Å². The van der Waals surface area contributed by atoms with Crippen LogP contribution in [0.5, 0.6) is 0 Å². The molecule has 7 nitrogen and oxygen atoms in total. The average Bonchev–Trinajstić information content (AvgIpc) is 2.46. The molecule has 0 spiro atoms. The number of pyridine rings is 1. The second-order valence-corrected chi connectivity index (χ2v) is 5.25. The summed E-state index contributed by atoms with van der Waals surface area (Å²) in [6.07, 6.45) is 1.57. The van der Waals surface area contributed by atoms with Gasteiger partial charge in [-0.1, -0.05) is 0 Å². The molecule has 116 valence electrons. The molecule has 0 amide bonds. The molecule has 0 atom stereocenters. The molecule has 0 radical (unpaired) electrons. The van der Waals surface area contributed by atoms with Crippen molar-refractivity contribution in [3.05, 3.63) is 33.1 Å². The van der Waals surface area contributed by atoms with Gasteiger partial charge in [-0.2, -0.15) is 0 Å². The summed E-state index contributed by atoms with van der Waals surface area (Å²) in [6, 6.07) is 0. The molecule has 2 heterocycles. The number of rotatable bonds is 6. The van der Waals surface area contributed by atoms with E-state index >= 15 is 0 Å². The smallest absolute Gasteiger partial charge is 0.278 e. The topological polar surface area (TPSA) is 80.5 Å². The van der Waals surface area contributed by atoms with Crippen LogP contribution in [0.1, 0.15) is 16.8 Å². The van der Waals surface area contributed by atoms with Crippen molar-refractivity contribution >= 4 is 5.69 Å². The second kappa shape index (κ2) is 7.44. The third-order valence-corrected chi connectivity index (χ3v) is 3.76. The predicted molar refractivity (Wildman–Crippen MR) is 79.3 cm³/mol. The van der Waals surface area contributed by atoms with E-state index < -0.39 is 0 Å². The number of nitro groups is 1. The molecular weight excluding hydrogens is 272 g/mol. The van der Waals surface area contributed by atoms with E-state index in [0.717, 1.165) is 45.1 Å². The third kappa shape index (κ3) is 4.20. The lowest BCUT2D eigenvalue weighted by atomic mass is 10.1. The van der Waals surface area contributed by atoms with Gasteiger partial charge in [-0.05, 0) is 13.8 Å². The molecule has 1 fully saturated rings. The Kier molecular flexibility index (Phi) is 5.60. The maximum atomic E-state index is 11.1. The first kappa shape index (κ1) is 15.8. The van der Waals surface area contributed by atoms with Crippen LogP contribution in [0.2, 0.25) is 0 Å². The molecule has 1 saturated heterocycles. The minimum Gasteiger partial charge on any atom is -0.379 e. The Morgan fingerprint density at radius 1 is 1.43 bits per heavy atom. The van der Waals surface area contributed by atoms with Gasteiger partial charge in [-0.25, -0.2) is 0 Å². The first-order valence-electron chi connectivity index (χ1n) is 7.20. The van der Waals surface area contributed by atoms with Crippen molar-refractivity contribution in [3.8, 4) is 0 Å². The Bertz CT molecular complexity index is 501. The summed E-state index contributed by atoms with van der Waals surface area (Å²) in [5.74, 6) is 0. The molecular formula is C14H22N4O3. The van der Waals surface area contributed by atoms with Crippen molar-refractivity contribution in [2.24, 2.45) is 0 Å². The zero-order chi connectivity index (χ0) is 15.2. The lowest BCUT2D eigenvalue weighted by Crippen LogP contribution is -2.40. The lowest BCUT2D eigenvalue weighted by Gasteiger charge is -2.26. The average molecular weight is 294 g/mol. The highest BCUT2D eigenvalue weighted by molar-refractivity contribution is 5.47. The van der Waals surface area contributed by atoms with Crippen molar-refractivity contribution in [2.45, 2.75) is 20.4 Å². The van der Waals surface area contributed by atoms with Crippen molar-refractivity contribution in [1.29, 1.82) is 0 Å². The number of ether oxygens (including phenoxy) is 1. The van der Waals surface area contributed by atoms with E-state index in [9.17, 15) is 10.1 Å². The molecule has 0 bridgehead atoms. The number of aryl methyl sites for hydroxylation is 1. The van der Waals surface area contributed by atoms with Gasteiger partial charge in [0.05, 0.1) is 23.8 Å². The maximum absolute atomic E-state index is 11.1. The Morgan fingerprint density at radius 3 is 2.81 bits per heavy atom. The number of nitrogens with zero attached hydrogens (tertiary/aromatic N) is 3. The highest BCUT2D eigenvalue weighted by Gasteiger charge is 2.18. The Labute approximate surface area is 124 Å². The van der Waals surface area contributed by atoms with Gasteiger partial charge in [-0.15, -0.1) is 0 Å². The standard InChI is InChI=1S/C14H22N4O3/c1-11-9-16-13(12(2)14(11)18(19)20)10-15-3-4-17-5-7-21-8-6-17/h9,15H,3-8,10H2,1-2H3. The highest BCUT2D eigenvalue weighted by Crippen LogP contribution is 2.23. The van der Waals surface area contributed by atoms with Gasteiger partial charge in [0.1, 0.15) is 0 Å².